The normalized spacial score (nSPS) is 23.2. The number of methoxy groups -OCH3 is 1. The van der Waals surface area contributed by atoms with Crippen LogP contribution in [-0.4, -0.2) is 31.3 Å². The van der Waals surface area contributed by atoms with Crippen molar-refractivity contribution in [1.82, 2.24) is 5.32 Å². The number of ether oxygens (including phenoxy) is 2. The fraction of sp³-hybridized carbons (Fsp3) is 0.882. The zero-order chi connectivity index (χ0) is 16.7. The molecule has 22 heavy (non-hydrogen) atoms. The number of carbonyl (C=O) groups is 2. The lowest BCUT2D eigenvalue weighted by atomic mass is 9.80. The van der Waals surface area contributed by atoms with Crippen molar-refractivity contribution >= 4 is 12.1 Å². The summed E-state index contributed by atoms with van der Waals surface area (Å²) in [5.74, 6) is 1.27. The number of carbonyl (C=O) groups excluding carboxylic acids is 2. The second kappa shape index (κ2) is 9.01. The van der Waals surface area contributed by atoms with Crippen molar-refractivity contribution in [3.05, 3.63) is 0 Å². The molecule has 1 fully saturated rings. The van der Waals surface area contributed by atoms with Crippen LogP contribution >= 0.6 is 0 Å². The Labute approximate surface area is 134 Å². The third kappa shape index (κ3) is 6.24. The Morgan fingerprint density at radius 2 is 1.68 bits per heavy atom. The van der Waals surface area contributed by atoms with Crippen molar-refractivity contribution in [3.63, 3.8) is 0 Å². The Kier molecular flexibility index (Phi) is 7.69. The van der Waals surface area contributed by atoms with Crippen LogP contribution in [0.3, 0.4) is 0 Å². The van der Waals surface area contributed by atoms with Gasteiger partial charge in [0.1, 0.15) is 12.1 Å². The van der Waals surface area contributed by atoms with Crippen LogP contribution in [0.4, 0.5) is 4.79 Å². The third-order valence-electron chi connectivity index (χ3n) is 4.42. The van der Waals surface area contributed by atoms with Gasteiger partial charge in [0.15, 0.2) is 0 Å². The third-order valence-corrected chi connectivity index (χ3v) is 4.42. The van der Waals surface area contributed by atoms with Crippen LogP contribution in [0.1, 0.15) is 59.8 Å². The average molecular weight is 313 g/mol. The van der Waals surface area contributed by atoms with Crippen LogP contribution < -0.4 is 5.32 Å². The molecule has 1 atom stereocenters. The lowest BCUT2D eigenvalue weighted by Crippen LogP contribution is -2.44. The minimum atomic E-state index is -0.635. The van der Waals surface area contributed by atoms with E-state index in [-0.39, 0.29) is 12.0 Å². The fourth-order valence-corrected chi connectivity index (χ4v) is 3.03. The number of hydrogen-bond donors (Lipinski definition) is 1. The number of rotatable bonds is 6. The number of nitrogens with one attached hydrogen (secondary N) is 1. The van der Waals surface area contributed by atoms with Crippen molar-refractivity contribution in [2.24, 2.45) is 17.8 Å². The van der Waals surface area contributed by atoms with E-state index in [1.165, 1.54) is 7.11 Å². The first-order valence-corrected chi connectivity index (χ1v) is 8.38. The summed E-state index contributed by atoms with van der Waals surface area (Å²) in [6.07, 6.45) is 4.01. The monoisotopic (exact) mass is 313 g/mol. The minimum absolute atomic E-state index is 0.0349. The Morgan fingerprint density at radius 1 is 1.09 bits per heavy atom. The molecule has 0 aromatic heterocycles. The molecule has 1 rings (SSSR count). The Bertz CT molecular complexity index is 360. The highest BCUT2D eigenvalue weighted by Crippen LogP contribution is 2.31. The van der Waals surface area contributed by atoms with Crippen molar-refractivity contribution < 1.29 is 19.1 Å². The fourth-order valence-electron chi connectivity index (χ4n) is 3.03. The molecule has 1 saturated carbocycles. The van der Waals surface area contributed by atoms with Gasteiger partial charge < -0.3 is 14.8 Å². The summed E-state index contributed by atoms with van der Waals surface area (Å²) in [7, 11) is 1.33. The van der Waals surface area contributed by atoms with Gasteiger partial charge in [-0.25, -0.2) is 9.59 Å². The van der Waals surface area contributed by atoms with Crippen LogP contribution in [-0.2, 0) is 14.3 Å². The van der Waals surface area contributed by atoms with E-state index in [1.807, 2.05) is 13.8 Å². The Balaban J connectivity index is 2.42. The molecule has 128 valence electrons. The van der Waals surface area contributed by atoms with Gasteiger partial charge in [-0.2, -0.15) is 0 Å². The van der Waals surface area contributed by atoms with Crippen LogP contribution in [0.15, 0.2) is 0 Å². The summed E-state index contributed by atoms with van der Waals surface area (Å²) in [6.45, 7) is 8.48. The molecule has 1 aliphatic rings. The second-order valence-corrected chi connectivity index (χ2v) is 7.04. The van der Waals surface area contributed by atoms with Gasteiger partial charge in [-0.05, 0) is 49.9 Å². The summed E-state index contributed by atoms with van der Waals surface area (Å²) in [5.41, 5.74) is 0. The zero-order valence-electron chi connectivity index (χ0n) is 14.6. The summed E-state index contributed by atoms with van der Waals surface area (Å²) in [4.78, 5) is 23.7. The predicted octanol–water partition coefficient (Wildman–Crippen LogP) is 3.52. The van der Waals surface area contributed by atoms with Crippen molar-refractivity contribution in [3.8, 4) is 0 Å². The summed E-state index contributed by atoms with van der Waals surface area (Å²) in [5, 5.41) is 2.64. The van der Waals surface area contributed by atoms with E-state index >= 15 is 0 Å². The molecule has 0 heterocycles. The maximum absolute atomic E-state index is 12.0. The van der Waals surface area contributed by atoms with E-state index in [1.54, 1.807) is 0 Å². The van der Waals surface area contributed by atoms with Crippen molar-refractivity contribution in [2.75, 3.05) is 7.11 Å². The molecule has 1 N–H and O–H groups in total. The molecule has 0 saturated heterocycles. The Morgan fingerprint density at radius 3 is 2.14 bits per heavy atom. The minimum Gasteiger partial charge on any atom is -0.467 e. The molecule has 5 nitrogen and oxygen atoms in total. The van der Waals surface area contributed by atoms with Crippen LogP contribution in [0.25, 0.3) is 0 Å². The Hall–Kier alpha value is -1.26. The molecule has 0 aromatic carbocycles. The highest BCUT2D eigenvalue weighted by Gasteiger charge is 2.28. The van der Waals surface area contributed by atoms with Crippen LogP contribution in [0.2, 0.25) is 0 Å². The van der Waals surface area contributed by atoms with Gasteiger partial charge in [0.05, 0.1) is 7.11 Å². The van der Waals surface area contributed by atoms with Crippen LogP contribution in [0, 0.1) is 17.8 Å². The standard InChI is InChI=1S/C17H31NO4/c1-11(2)10-15(16(19)21-5)18-17(20)22-14-8-6-13(7-9-14)12(3)4/h11-15H,6-10H2,1-5H3,(H,18,20)/t13?,14?,15-/m0/s1. The molecule has 0 aromatic rings. The molecule has 0 bridgehead atoms. The first kappa shape index (κ1) is 18.8. The molecule has 0 radical (unpaired) electrons. The lowest BCUT2D eigenvalue weighted by Gasteiger charge is -2.30. The zero-order valence-corrected chi connectivity index (χ0v) is 14.6. The maximum Gasteiger partial charge on any atom is 0.408 e. The molecule has 0 spiro atoms. The summed E-state index contributed by atoms with van der Waals surface area (Å²) in [6, 6.07) is -0.635. The quantitative estimate of drug-likeness (QED) is 0.762. The van der Waals surface area contributed by atoms with E-state index < -0.39 is 18.1 Å². The number of hydrogen-bond acceptors (Lipinski definition) is 4. The van der Waals surface area contributed by atoms with E-state index in [9.17, 15) is 9.59 Å². The van der Waals surface area contributed by atoms with Crippen LogP contribution in [0.5, 0.6) is 0 Å². The smallest absolute Gasteiger partial charge is 0.408 e. The summed E-state index contributed by atoms with van der Waals surface area (Å²) >= 11 is 0. The molecule has 1 amide bonds. The number of esters is 1. The average Bonchev–Trinajstić information content (AvgIpc) is 2.45. The second-order valence-electron chi connectivity index (χ2n) is 7.04. The van der Waals surface area contributed by atoms with Crippen molar-refractivity contribution in [1.29, 1.82) is 0 Å². The van der Waals surface area contributed by atoms with E-state index in [2.05, 4.69) is 19.2 Å². The lowest BCUT2D eigenvalue weighted by molar-refractivity contribution is -0.143. The number of amides is 1. The molecule has 5 heteroatoms. The predicted molar refractivity (Wildman–Crippen MR) is 85.5 cm³/mol. The highest BCUT2D eigenvalue weighted by atomic mass is 16.6. The molecular weight excluding hydrogens is 282 g/mol. The molecule has 1 aliphatic carbocycles. The van der Waals surface area contributed by atoms with Gasteiger partial charge >= 0.3 is 12.1 Å². The number of alkyl carbamates (subject to hydrolysis) is 1. The van der Waals surface area contributed by atoms with Gasteiger partial charge in [-0.3, -0.25) is 0 Å². The first-order valence-electron chi connectivity index (χ1n) is 8.38. The molecule has 0 unspecified atom stereocenters. The van der Waals surface area contributed by atoms with Gasteiger partial charge in [0, 0.05) is 0 Å². The molecule has 0 aliphatic heterocycles. The highest BCUT2D eigenvalue weighted by molar-refractivity contribution is 5.81. The summed E-state index contributed by atoms with van der Waals surface area (Å²) < 4.78 is 10.2. The SMILES string of the molecule is COC(=O)[C@H](CC(C)C)NC(=O)OC1CCC(C(C)C)CC1. The first-order chi connectivity index (χ1) is 10.3. The van der Waals surface area contributed by atoms with Gasteiger partial charge in [-0.15, -0.1) is 0 Å². The van der Waals surface area contributed by atoms with E-state index in [4.69, 9.17) is 9.47 Å². The van der Waals surface area contributed by atoms with Crippen molar-refractivity contribution in [2.45, 2.75) is 71.9 Å². The van der Waals surface area contributed by atoms with E-state index in [0.29, 0.717) is 12.3 Å². The van der Waals surface area contributed by atoms with E-state index in [0.717, 1.165) is 31.6 Å². The van der Waals surface area contributed by atoms with Gasteiger partial charge in [-0.1, -0.05) is 27.7 Å². The maximum atomic E-state index is 12.0. The van der Waals surface area contributed by atoms with Gasteiger partial charge in [0.25, 0.3) is 0 Å². The topological polar surface area (TPSA) is 64.6 Å². The largest absolute Gasteiger partial charge is 0.467 e. The molecular formula is C17H31NO4. The van der Waals surface area contributed by atoms with Gasteiger partial charge in [0.2, 0.25) is 0 Å².